The normalized spacial score (nSPS) is 27.8. The lowest BCUT2D eigenvalue weighted by Gasteiger charge is -2.40. The molecule has 1 heterocycles. The van der Waals surface area contributed by atoms with Crippen LogP contribution in [0.2, 0.25) is 0 Å². The third-order valence-electron chi connectivity index (χ3n) is 4.60. The van der Waals surface area contributed by atoms with Crippen molar-refractivity contribution in [2.45, 2.75) is 96.4 Å². The zero-order valence-corrected chi connectivity index (χ0v) is 13.2. The summed E-state index contributed by atoms with van der Waals surface area (Å²) in [5, 5.41) is 21.5. The zero-order chi connectivity index (χ0) is 14.9. The standard InChI is InChI=1S/C15H30O4/c1-7-14(16,8-2)11-12(15(17,9-3)10-4)19-13(5,6)18-11/h11-12,16-17H,7-10H2,1-6H3. The Morgan fingerprint density at radius 2 is 1.05 bits per heavy atom. The van der Waals surface area contributed by atoms with Crippen LogP contribution < -0.4 is 0 Å². The van der Waals surface area contributed by atoms with E-state index in [1.807, 2.05) is 41.5 Å². The Bertz CT molecular complexity index is 265. The Morgan fingerprint density at radius 1 is 0.789 bits per heavy atom. The predicted octanol–water partition coefficient (Wildman–Crippen LogP) is 2.61. The molecule has 0 aromatic rings. The number of aliphatic hydroxyl groups is 2. The molecule has 4 heteroatoms. The molecule has 0 aromatic heterocycles. The predicted molar refractivity (Wildman–Crippen MR) is 74.9 cm³/mol. The summed E-state index contributed by atoms with van der Waals surface area (Å²) in [5.41, 5.74) is -1.92. The van der Waals surface area contributed by atoms with Gasteiger partial charge in [0.15, 0.2) is 5.79 Å². The van der Waals surface area contributed by atoms with Crippen LogP contribution in [0.3, 0.4) is 0 Å². The molecule has 0 aliphatic carbocycles. The van der Waals surface area contributed by atoms with Crippen LogP contribution in [0.4, 0.5) is 0 Å². The van der Waals surface area contributed by atoms with Crippen molar-refractivity contribution in [2.24, 2.45) is 0 Å². The van der Waals surface area contributed by atoms with Gasteiger partial charge in [-0.3, -0.25) is 0 Å². The fourth-order valence-electron chi connectivity index (χ4n) is 2.85. The van der Waals surface area contributed by atoms with E-state index in [0.717, 1.165) is 0 Å². The van der Waals surface area contributed by atoms with Gasteiger partial charge in [0.05, 0.1) is 11.2 Å². The Labute approximate surface area is 117 Å². The summed E-state index contributed by atoms with van der Waals surface area (Å²) >= 11 is 0. The molecule has 19 heavy (non-hydrogen) atoms. The van der Waals surface area contributed by atoms with Crippen molar-refractivity contribution >= 4 is 0 Å². The van der Waals surface area contributed by atoms with Gasteiger partial charge in [0.1, 0.15) is 12.2 Å². The first-order chi connectivity index (χ1) is 8.68. The number of rotatable bonds is 6. The summed E-state index contributed by atoms with van der Waals surface area (Å²) in [5.74, 6) is -0.772. The maximum absolute atomic E-state index is 10.8. The van der Waals surface area contributed by atoms with Crippen LogP contribution in [0.5, 0.6) is 0 Å². The number of hydrogen-bond acceptors (Lipinski definition) is 4. The first-order valence-electron chi connectivity index (χ1n) is 7.48. The van der Waals surface area contributed by atoms with Crippen LogP contribution in [-0.2, 0) is 9.47 Å². The van der Waals surface area contributed by atoms with Crippen molar-refractivity contribution in [1.29, 1.82) is 0 Å². The number of hydrogen-bond donors (Lipinski definition) is 2. The van der Waals surface area contributed by atoms with Gasteiger partial charge in [-0.25, -0.2) is 0 Å². The van der Waals surface area contributed by atoms with Crippen LogP contribution in [0.1, 0.15) is 67.2 Å². The number of ether oxygens (including phenoxy) is 2. The summed E-state index contributed by atoms with van der Waals surface area (Å²) in [6.07, 6.45) is 1.31. The van der Waals surface area contributed by atoms with E-state index < -0.39 is 29.2 Å². The van der Waals surface area contributed by atoms with E-state index in [4.69, 9.17) is 9.47 Å². The minimum absolute atomic E-state index is 0.498. The lowest BCUT2D eigenvalue weighted by Crippen LogP contribution is -2.56. The van der Waals surface area contributed by atoms with Gasteiger partial charge in [-0.05, 0) is 39.5 Å². The molecule has 0 amide bonds. The Hall–Kier alpha value is -0.160. The van der Waals surface area contributed by atoms with E-state index in [9.17, 15) is 10.2 Å². The lowest BCUT2D eigenvalue weighted by molar-refractivity contribution is -0.177. The first kappa shape index (κ1) is 16.9. The van der Waals surface area contributed by atoms with E-state index in [2.05, 4.69) is 0 Å². The summed E-state index contributed by atoms with van der Waals surface area (Å²) in [6, 6.07) is 0. The minimum Gasteiger partial charge on any atom is -0.387 e. The minimum atomic E-state index is -0.962. The van der Waals surface area contributed by atoms with E-state index in [1.165, 1.54) is 0 Å². The molecule has 1 saturated heterocycles. The molecule has 0 radical (unpaired) electrons. The second-order valence-electron chi connectivity index (χ2n) is 6.10. The van der Waals surface area contributed by atoms with Crippen molar-refractivity contribution < 1.29 is 19.7 Å². The van der Waals surface area contributed by atoms with Gasteiger partial charge in [0, 0.05) is 0 Å². The monoisotopic (exact) mass is 274 g/mol. The second-order valence-corrected chi connectivity index (χ2v) is 6.10. The maximum Gasteiger partial charge on any atom is 0.164 e. The molecule has 114 valence electrons. The van der Waals surface area contributed by atoms with Gasteiger partial charge in [0.25, 0.3) is 0 Å². The van der Waals surface area contributed by atoms with E-state index in [0.29, 0.717) is 25.7 Å². The smallest absolute Gasteiger partial charge is 0.164 e. The molecule has 1 aliphatic rings. The third kappa shape index (κ3) is 3.13. The SMILES string of the molecule is CCC(O)(CC)C1OC(C)(C)OC1C(O)(CC)CC. The van der Waals surface area contributed by atoms with Crippen molar-refractivity contribution in [3.63, 3.8) is 0 Å². The molecule has 2 unspecified atom stereocenters. The largest absolute Gasteiger partial charge is 0.387 e. The van der Waals surface area contributed by atoms with Crippen LogP contribution in [0.25, 0.3) is 0 Å². The van der Waals surface area contributed by atoms with Gasteiger partial charge >= 0.3 is 0 Å². The van der Waals surface area contributed by atoms with Crippen LogP contribution >= 0.6 is 0 Å². The fourth-order valence-corrected chi connectivity index (χ4v) is 2.85. The van der Waals surface area contributed by atoms with Crippen molar-refractivity contribution in [2.75, 3.05) is 0 Å². The molecule has 1 aliphatic heterocycles. The van der Waals surface area contributed by atoms with Crippen molar-refractivity contribution in [3.05, 3.63) is 0 Å². The molecule has 1 fully saturated rings. The average molecular weight is 274 g/mol. The molecule has 2 N–H and O–H groups in total. The topological polar surface area (TPSA) is 58.9 Å². The molecule has 0 saturated carbocycles. The zero-order valence-electron chi connectivity index (χ0n) is 13.2. The van der Waals surface area contributed by atoms with Crippen molar-refractivity contribution in [1.82, 2.24) is 0 Å². The Kier molecular flexibility index (Phi) is 5.05. The molecular weight excluding hydrogens is 244 g/mol. The summed E-state index contributed by atoms with van der Waals surface area (Å²) in [4.78, 5) is 0. The summed E-state index contributed by atoms with van der Waals surface area (Å²) in [7, 11) is 0. The van der Waals surface area contributed by atoms with Crippen LogP contribution in [0.15, 0.2) is 0 Å². The van der Waals surface area contributed by atoms with Gasteiger partial charge in [-0.1, -0.05) is 27.7 Å². The van der Waals surface area contributed by atoms with Gasteiger partial charge in [0.2, 0.25) is 0 Å². The first-order valence-corrected chi connectivity index (χ1v) is 7.48. The molecular formula is C15H30O4. The Balaban J connectivity index is 3.13. The second kappa shape index (κ2) is 5.68. The molecule has 2 atom stereocenters. The van der Waals surface area contributed by atoms with E-state index >= 15 is 0 Å². The van der Waals surface area contributed by atoms with Crippen LogP contribution in [-0.4, -0.2) is 39.4 Å². The summed E-state index contributed by atoms with van der Waals surface area (Å²) < 4.78 is 11.9. The quantitative estimate of drug-likeness (QED) is 0.781. The molecule has 0 spiro atoms. The summed E-state index contributed by atoms with van der Waals surface area (Å²) in [6.45, 7) is 11.4. The van der Waals surface area contributed by atoms with E-state index in [1.54, 1.807) is 0 Å². The Morgan fingerprint density at radius 3 is 1.26 bits per heavy atom. The fraction of sp³-hybridized carbons (Fsp3) is 1.00. The molecule has 1 rings (SSSR count). The highest BCUT2D eigenvalue weighted by atomic mass is 16.8. The highest BCUT2D eigenvalue weighted by molar-refractivity contribution is 5.03. The van der Waals surface area contributed by atoms with Gasteiger partial charge in [-0.15, -0.1) is 0 Å². The highest BCUT2D eigenvalue weighted by Crippen LogP contribution is 2.42. The van der Waals surface area contributed by atoms with Crippen molar-refractivity contribution in [3.8, 4) is 0 Å². The molecule has 0 aromatic carbocycles. The molecule has 4 nitrogen and oxygen atoms in total. The third-order valence-corrected chi connectivity index (χ3v) is 4.60. The van der Waals surface area contributed by atoms with Gasteiger partial charge < -0.3 is 19.7 Å². The average Bonchev–Trinajstić information content (AvgIpc) is 2.74. The van der Waals surface area contributed by atoms with E-state index in [-0.39, 0.29) is 0 Å². The maximum atomic E-state index is 10.8. The lowest BCUT2D eigenvalue weighted by atomic mass is 9.79. The van der Waals surface area contributed by atoms with Crippen LogP contribution in [0, 0.1) is 0 Å². The highest BCUT2D eigenvalue weighted by Gasteiger charge is 2.56. The molecule has 0 bridgehead atoms. The van der Waals surface area contributed by atoms with Gasteiger partial charge in [-0.2, -0.15) is 0 Å².